The van der Waals surface area contributed by atoms with Gasteiger partial charge in [-0.05, 0) is 49.4 Å². The van der Waals surface area contributed by atoms with Gasteiger partial charge < -0.3 is 19.5 Å². The van der Waals surface area contributed by atoms with E-state index < -0.39 is 0 Å². The normalized spacial score (nSPS) is 11.3. The first-order valence-corrected chi connectivity index (χ1v) is 8.98. The lowest BCUT2D eigenvalue weighted by atomic mass is 10.3. The fourth-order valence-corrected chi connectivity index (χ4v) is 3.08. The van der Waals surface area contributed by atoms with E-state index in [9.17, 15) is 4.79 Å². The van der Waals surface area contributed by atoms with Crippen molar-refractivity contribution >= 4 is 23.4 Å². The predicted molar refractivity (Wildman–Crippen MR) is 106 cm³/mol. The van der Waals surface area contributed by atoms with Crippen LogP contribution in [0.25, 0.3) is 0 Å². The average Bonchev–Trinajstić information content (AvgIpc) is 2.67. The van der Waals surface area contributed by atoms with Gasteiger partial charge in [0.25, 0.3) is 0 Å². The number of carbonyl (C=O) groups excluding carboxylic acids is 1. The van der Waals surface area contributed by atoms with E-state index in [0.29, 0.717) is 18.1 Å². The SMILES string of the molecule is C=CCOc1ccc(NC(=O)[C@H](C)Sc2ccc(OC)c(OC)c2)cc1. The van der Waals surface area contributed by atoms with E-state index >= 15 is 0 Å². The Morgan fingerprint density at radius 1 is 1.15 bits per heavy atom. The monoisotopic (exact) mass is 373 g/mol. The van der Waals surface area contributed by atoms with Crippen LogP contribution in [0.3, 0.4) is 0 Å². The zero-order valence-corrected chi connectivity index (χ0v) is 16.0. The average molecular weight is 373 g/mol. The van der Waals surface area contributed by atoms with Crippen LogP contribution in [-0.2, 0) is 4.79 Å². The van der Waals surface area contributed by atoms with Gasteiger partial charge in [-0.2, -0.15) is 0 Å². The van der Waals surface area contributed by atoms with Crippen molar-refractivity contribution < 1.29 is 19.0 Å². The van der Waals surface area contributed by atoms with Gasteiger partial charge in [-0.1, -0.05) is 12.7 Å². The first-order valence-electron chi connectivity index (χ1n) is 8.10. The molecule has 0 unspecified atom stereocenters. The lowest BCUT2D eigenvalue weighted by molar-refractivity contribution is -0.115. The summed E-state index contributed by atoms with van der Waals surface area (Å²) in [6.07, 6.45) is 1.68. The molecular formula is C20H23NO4S. The molecule has 2 aromatic rings. The fraction of sp³-hybridized carbons (Fsp3) is 0.250. The summed E-state index contributed by atoms with van der Waals surface area (Å²) in [5.41, 5.74) is 0.723. The first kappa shape index (κ1) is 19.7. The zero-order chi connectivity index (χ0) is 18.9. The molecule has 0 bridgehead atoms. The maximum Gasteiger partial charge on any atom is 0.237 e. The summed E-state index contributed by atoms with van der Waals surface area (Å²) in [5.74, 6) is 1.95. The van der Waals surface area contributed by atoms with Crippen LogP contribution in [0.4, 0.5) is 5.69 Å². The lowest BCUT2D eigenvalue weighted by Crippen LogP contribution is -2.22. The van der Waals surface area contributed by atoms with Crippen molar-refractivity contribution in [2.45, 2.75) is 17.1 Å². The van der Waals surface area contributed by atoms with E-state index in [1.807, 2.05) is 49.4 Å². The molecule has 0 heterocycles. The highest BCUT2D eigenvalue weighted by Gasteiger charge is 2.16. The minimum Gasteiger partial charge on any atom is -0.493 e. The number of benzene rings is 2. The van der Waals surface area contributed by atoms with Gasteiger partial charge in [0.15, 0.2) is 11.5 Å². The molecule has 1 N–H and O–H groups in total. The van der Waals surface area contributed by atoms with Gasteiger partial charge in [0.1, 0.15) is 12.4 Å². The number of anilines is 1. The van der Waals surface area contributed by atoms with Gasteiger partial charge in [-0.15, -0.1) is 11.8 Å². The fourth-order valence-electron chi connectivity index (χ4n) is 2.18. The van der Waals surface area contributed by atoms with Gasteiger partial charge in [-0.3, -0.25) is 4.79 Å². The van der Waals surface area contributed by atoms with E-state index in [2.05, 4.69) is 11.9 Å². The van der Waals surface area contributed by atoms with Gasteiger partial charge in [0.2, 0.25) is 5.91 Å². The van der Waals surface area contributed by atoms with Crippen molar-refractivity contribution in [1.82, 2.24) is 0 Å². The van der Waals surface area contributed by atoms with Gasteiger partial charge in [-0.25, -0.2) is 0 Å². The van der Waals surface area contributed by atoms with E-state index in [1.165, 1.54) is 11.8 Å². The van der Waals surface area contributed by atoms with Crippen molar-refractivity contribution in [3.63, 3.8) is 0 Å². The van der Waals surface area contributed by atoms with Crippen LogP contribution in [0.2, 0.25) is 0 Å². The van der Waals surface area contributed by atoms with E-state index in [1.54, 1.807) is 20.3 Å². The molecule has 0 aliphatic rings. The summed E-state index contributed by atoms with van der Waals surface area (Å²) in [4.78, 5) is 13.3. The number of hydrogen-bond acceptors (Lipinski definition) is 5. The van der Waals surface area contributed by atoms with Crippen molar-refractivity contribution in [3.8, 4) is 17.2 Å². The van der Waals surface area contributed by atoms with E-state index in [4.69, 9.17) is 14.2 Å². The molecule has 138 valence electrons. The highest BCUT2D eigenvalue weighted by atomic mass is 32.2. The van der Waals surface area contributed by atoms with Crippen LogP contribution in [0.15, 0.2) is 60.0 Å². The molecule has 0 fully saturated rings. The van der Waals surface area contributed by atoms with Gasteiger partial charge in [0.05, 0.1) is 19.5 Å². The molecular weight excluding hydrogens is 350 g/mol. The number of nitrogens with one attached hydrogen (secondary N) is 1. The van der Waals surface area contributed by atoms with Crippen LogP contribution < -0.4 is 19.5 Å². The van der Waals surface area contributed by atoms with Crippen LogP contribution >= 0.6 is 11.8 Å². The van der Waals surface area contributed by atoms with Crippen LogP contribution in [0.5, 0.6) is 17.2 Å². The van der Waals surface area contributed by atoms with Crippen molar-refractivity contribution in [1.29, 1.82) is 0 Å². The van der Waals surface area contributed by atoms with E-state index in [0.717, 1.165) is 16.3 Å². The highest BCUT2D eigenvalue weighted by molar-refractivity contribution is 8.00. The molecule has 1 atom stereocenters. The topological polar surface area (TPSA) is 56.8 Å². The maximum absolute atomic E-state index is 12.4. The summed E-state index contributed by atoms with van der Waals surface area (Å²) in [6, 6.07) is 12.8. The summed E-state index contributed by atoms with van der Waals surface area (Å²) in [7, 11) is 3.18. The Hall–Kier alpha value is -2.60. The molecule has 6 heteroatoms. The van der Waals surface area contributed by atoms with Gasteiger partial charge in [0, 0.05) is 10.6 Å². The standard InChI is InChI=1S/C20H23NO4S/c1-5-12-25-16-8-6-15(7-9-16)21-20(22)14(2)26-17-10-11-18(23-3)19(13-17)24-4/h5-11,13-14H,1,12H2,2-4H3,(H,21,22)/t14-/m0/s1. The zero-order valence-electron chi connectivity index (χ0n) is 15.2. The number of amides is 1. The molecule has 0 aliphatic carbocycles. The molecule has 1 amide bonds. The molecule has 0 saturated carbocycles. The largest absolute Gasteiger partial charge is 0.493 e. The van der Waals surface area contributed by atoms with Crippen molar-refractivity contribution in [2.24, 2.45) is 0 Å². The second kappa shape index (κ2) is 9.77. The molecule has 2 aromatic carbocycles. The summed E-state index contributed by atoms with van der Waals surface area (Å²) in [6.45, 7) is 5.92. The number of hydrogen-bond donors (Lipinski definition) is 1. The Balaban J connectivity index is 1.96. The Kier molecular flexibility index (Phi) is 7.41. The van der Waals surface area contributed by atoms with Crippen molar-refractivity contribution in [2.75, 3.05) is 26.1 Å². The molecule has 26 heavy (non-hydrogen) atoms. The third-order valence-electron chi connectivity index (χ3n) is 3.53. The van der Waals surface area contributed by atoms with E-state index in [-0.39, 0.29) is 11.2 Å². The Morgan fingerprint density at radius 2 is 1.85 bits per heavy atom. The number of rotatable bonds is 9. The highest BCUT2D eigenvalue weighted by Crippen LogP contribution is 2.33. The quantitative estimate of drug-likeness (QED) is 0.522. The molecule has 0 spiro atoms. The second-order valence-corrected chi connectivity index (χ2v) is 6.80. The van der Waals surface area contributed by atoms with Crippen LogP contribution in [0, 0.1) is 0 Å². The molecule has 2 rings (SSSR count). The van der Waals surface area contributed by atoms with Gasteiger partial charge >= 0.3 is 0 Å². The second-order valence-electron chi connectivity index (χ2n) is 5.39. The molecule has 0 radical (unpaired) electrons. The third kappa shape index (κ3) is 5.46. The summed E-state index contributed by atoms with van der Waals surface area (Å²) < 4.78 is 15.9. The first-order chi connectivity index (χ1) is 12.6. The lowest BCUT2D eigenvalue weighted by Gasteiger charge is -2.14. The molecule has 0 aliphatic heterocycles. The molecule has 0 saturated heterocycles. The minimum atomic E-state index is -0.273. The number of thioether (sulfide) groups is 1. The Bertz CT molecular complexity index is 746. The minimum absolute atomic E-state index is 0.0791. The number of methoxy groups -OCH3 is 2. The van der Waals surface area contributed by atoms with Crippen LogP contribution in [-0.4, -0.2) is 32.0 Å². The molecule has 0 aromatic heterocycles. The molecule has 5 nitrogen and oxygen atoms in total. The maximum atomic E-state index is 12.4. The summed E-state index contributed by atoms with van der Waals surface area (Å²) in [5, 5.41) is 2.63. The number of ether oxygens (including phenoxy) is 3. The smallest absolute Gasteiger partial charge is 0.237 e. The van der Waals surface area contributed by atoms with Crippen LogP contribution in [0.1, 0.15) is 6.92 Å². The van der Waals surface area contributed by atoms with Crippen molar-refractivity contribution in [3.05, 3.63) is 55.1 Å². The Morgan fingerprint density at radius 3 is 2.46 bits per heavy atom. The third-order valence-corrected chi connectivity index (χ3v) is 4.62. The number of carbonyl (C=O) groups is 1. The summed E-state index contributed by atoms with van der Waals surface area (Å²) >= 11 is 1.45. The predicted octanol–water partition coefficient (Wildman–Crippen LogP) is 4.39. The Labute approximate surface area is 158 Å².